The molecule has 0 aliphatic carbocycles. The summed E-state index contributed by atoms with van der Waals surface area (Å²) < 4.78 is 2.09. The molecule has 16 heavy (non-hydrogen) atoms. The number of hydrogen-bond donors (Lipinski definition) is 2. The summed E-state index contributed by atoms with van der Waals surface area (Å²) in [4.78, 5) is 0. The lowest BCUT2D eigenvalue weighted by molar-refractivity contribution is 0.969. The fraction of sp³-hybridized carbons (Fsp3) is 0.0833. The molecule has 80 valence electrons. The molecule has 3 aromatic rings. The monoisotopic (exact) mass is 212 g/mol. The van der Waals surface area contributed by atoms with Crippen molar-refractivity contribution in [3.8, 4) is 11.3 Å². The standard InChI is InChI=1S/C12H12N4/c1-16-6-5-8-9(3-2-4-11(8)16)12-10(13)7-14-15-12/h2-7H,13H2,1H3,(H,14,15). The van der Waals surface area contributed by atoms with E-state index >= 15 is 0 Å². The van der Waals surface area contributed by atoms with Crippen LogP contribution >= 0.6 is 0 Å². The van der Waals surface area contributed by atoms with Crippen LogP contribution in [-0.2, 0) is 7.05 Å². The number of aromatic nitrogens is 3. The number of aryl methyl sites for hydroxylation is 1. The molecule has 3 rings (SSSR count). The van der Waals surface area contributed by atoms with E-state index in [4.69, 9.17) is 5.73 Å². The normalized spacial score (nSPS) is 11.1. The highest BCUT2D eigenvalue weighted by Crippen LogP contribution is 2.30. The van der Waals surface area contributed by atoms with Gasteiger partial charge in [0.2, 0.25) is 0 Å². The molecule has 2 aromatic heterocycles. The van der Waals surface area contributed by atoms with Gasteiger partial charge in [0.25, 0.3) is 0 Å². The molecule has 0 atom stereocenters. The average molecular weight is 212 g/mol. The van der Waals surface area contributed by atoms with Gasteiger partial charge in [0.15, 0.2) is 0 Å². The van der Waals surface area contributed by atoms with Crippen molar-refractivity contribution < 1.29 is 0 Å². The van der Waals surface area contributed by atoms with Crippen LogP contribution in [0.3, 0.4) is 0 Å². The van der Waals surface area contributed by atoms with Gasteiger partial charge in [-0.15, -0.1) is 0 Å². The van der Waals surface area contributed by atoms with Crippen molar-refractivity contribution in [3.63, 3.8) is 0 Å². The molecule has 1 aromatic carbocycles. The minimum Gasteiger partial charge on any atom is -0.396 e. The second-order valence-corrected chi connectivity index (χ2v) is 3.87. The second kappa shape index (κ2) is 3.13. The molecule has 0 bridgehead atoms. The van der Waals surface area contributed by atoms with E-state index in [9.17, 15) is 0 Å². The van der Waals surface area contributed by atoms with E-state index in [-0.39, 0.29) is 0 Å². The number of aromatic amines is 1. The summed E-state index contributed by atoms with van der Waals surface area (Å²) >= 11 is 0. The van der Waals surface area contributed by atoms with Gasteiger partial charge >= 0.3 is 0 Å². The van der Waals surface area contributed by atoms with Crippen molar-refractivity contribution in [2.45, 2.75) is 0 Å². The highest BCUT2D eigenvalue weighted by Gasteiger charge is 2.09. The lowest BCUT2D eigenvalue weighted by atomic mass is 10.1. The second-order valence-electron chi connectivity index (χ2n) is 3.87. The molecule has 2 heterocycles. The van der Waals surface area contributed by atoms with Crippen molar-refractivity contribution in [1.29, 1.82) is 0 Å². The predicted molar refractivity (Wildman–Crippen MR) is 64.9 cm³/mol. The zero-order valence-corrected chi connectivity index (χ0v) is 8.94. The van der Waals surface area contributed by atoms with E-state index in [0.717, 1.165) is 11.3 Å². The summed E-state index contributed by atoms with van der Waals surface area (Å²) in [6, 6.07) is 8.25. The number of H-pyrrole nitrogens is 1. The number of benzene rings is 1. The third-order valence-electron chi connectivity index (χ3n) is 2.87. The van der Waals surface area contributed by atoms with Crippen LogP contribution in [0.1, 0.15) is 0 Å². The van der Waals surface area contributed by atoms with E-state index in [1.807, 2.05) is 25.4 Å². The first-order chi connectivity index (χ1) is 7.77. The molecule has 3 N–H and O–H groups in total. The molecule has 0 saturated carbocycles. The van der Waals surface area contributed by atoms with Gasteiger partial charge in [-0.25, -0.2) is 0 Å². The number of rotatable bonds is 1. The van der Waals surface area contributed by atoms with Crippen LogP contribution in [-0.4, -0.2) is 14.8 Å². The van der Waals surface area contributed by atoms with E-state index < -0.39 is 0 Å². The van der Waals surface area contributed by atoms with Crippen molar-refractivity contribution >= 4 is 16.6 Å². The Morgan fingerprint density at radius 1 is 1.31 bits per heavy atom. The molecule has 0 amide bonds. The lowest BCUT2D eigenvalue weighted by Crippen LogP contribution is -1.88. The maximum atomic E-state index is 5.87. The van der Waals surface area contributed by atoms with Gasteiger partial charge in [0, 0.05) is 29.7 Å². The third kappa shape index (κ3) is 1.13. The summed E-state index contributed by atoms with van der Waals surface area (Å²) in [5, 5.41) is 8.08. The Morgan fingerprint density at radius 3 is 2.94 bits per heavy atom. The first-order valence-corrected chi connectivity index (χ1v) is 5.10. The first-order valence-electron chi connectivity index (χ1n) is 5.10. The van der Waals surface area contributed by atoms with Crippen molar-refractivity contribution in [3.05, 3.63) is 36.7 Å². The molecule has 0 spiro atoms. The summed E-state index contributed by atoms with van der Waals surface area (Å²) in [5.41, 5.74) is 9.71. The summed E-state index contributed by atoms with van der Waals surface area (Å²) in [6.45, 7) is 0. The summed E-state index contributed by atoms with van der Waals surface area (Å²) in [7, 11) is 2.03. The molecular formula is C12H12N4. The smallest absolute Gasteiger partial charge is 0.0886 e. The molecule has 0 saturated heterocycles. The van der Waals surface area contributed by atoms with Crippen molar-refractivity contribution in [2.24, 2.45) is 7.05 Å². The van der Waals surface area contributed by atoms with Gasteiger partial charge in [-0.1, -0.05) is 12.1 Å². The van der Waals surface area contributed by atoms with Gasteiger partial charge in [0.05, 0.1) is 17.6 Å². The van der Waals surface area contributed by atoms with Crippen LogP contribution in [0.25, 0.3) is 22.2 Å². The SMILES string of the molecule is Cn1ccc2c(-c3[nH]ncc3N)cccc21. The lowest BCUT2D eigenvalue weighted by Gasteiger charge is -2.03. The molecular weight excluding hydrogens is 200 g/mol. The number of nitrogen functional groups attached to an aromatic ring is 1. The average Bonchev–Trinajstić information content (AvgIpc) is 2.86. The largest absolute Gasteiger partial charge is 0.396 e. The minimum atomic E-state index is 0.677. The Labute approximate surface area is 92.7 Å². The number of fused-ring (bicyclic) bond motifs is 1. The van der Waals surface area contributed by atoms with E-state index in [0.29, 0.717) is 5.69 Å². The van der Waals surface area contributed by atoms with Gasteiger partial charge in [-0.2, -0.15) is 5.10 Å². The fourth-order valence-electron chi connectivity index (χ4n) is 2.03. The Balaban J connectivity index is 2.36. The molecule has 0 aliphatic heterocycles. The van der Waals surface area contributed by atoms with Gasteiger partial charge in [0.1, 0.15) is 0 Å². The van der Waals surface area contributed by atoms with Gasteiger partial charge in [-0.05, 0) is 12.1 Å². The Kier molecular flexibility index (Phi) is 1.77. The molecule has 0 radical (unpaired) electrons. The Morgan fingerprint density at radius 2 is 2.19 bits per heavy atom. The third-order valence-corrected chi connectivity index (χ3v) is 2.87. The zero-order valence-electron chi connectivity index (χ0n) is 8.94. The van der Waals surface area contributed by atoms with Crippen LogP contribution in [0.5, 0.6) is 0 Å². The highest BCUT2D eigenvalue weighted by molar-refractivity contribution is 5.96. The Bertz CT molecular complexity index is 648. The van der Waals surface area contributed by atoms with Gasteiger partial charge in [-0.3, -0.25) is 5.10 Å². The number of anilines is 1. The topological polar surface area (TPSA) is 59.6 Å². The van der Waals surface area contributed by atoms with Crippen LogP contribution in [0.15, 0.2) is 36.7 Å². The molecule has 0 unspecified atom stereocenters. The van der Waals surface area contributed by atoms with E-state index in [1.54, 1.807) is 6.20 Å². The molecule has 0 aliphatic rings. The summed E-state index contributed by atoms with van der Waals surface area (Å²) in [5.74, 6) is 0. The van der Waals surface area contributed by atoms with E-state index in [2.05, 4.69) is 26.9 Å². The molecule has 4 nitrogen and oxygen atoms in total. The van der Waals surface area contributed by atoms with E-state index in [1.165, 1.54) is 10.9 Å². The summed E-state index contributed by atoms with van der Waals surface area (Å²) in [6.07, 6.45) is 3.68. The van der Waals surface area contributed by atoms with Gasteiger partial charge < -0.3 is 10.3 Å². The van der Waals surface area contributed by atoms with Crippen LogP contribution in [0.2, 0.25) is 0 Å². The molecule has 0 fully saturated rings. The maximum Gasteiger partial charge on any atom is 0.0886 e. The van der Waals surface area contributed by atoms with Crippen LogP contribution < -0.4 is 5.73 Å². The Hall–Kier alpha value is -2.23. The highest BCUT2D eigenvalue weighted by atomic mass is 15.1. The zero-order chi connectivity index (χ0) is 11.1. The first kappa shape index (κ1) is 9.03. The number of nitrogens with zero attached hydrogens (tertiary/aromatic N) is 2. The van der Waals surface area contributed by atoms with Crippen LogP contribution in [0, 0.1) is 0 Å². The van der Waals surface area contributed by atoms with Crippen molar-refractivity contribution in [1.82, 2.24) is 14.8 Å². The number of nitrogens with one attached hydrogen (secondary N) is 1. The van der Waals surface area contributed by atoms with Crippen molar-refractivity contribution in [2.75, 3.05) is 5.73 Å². The maximum absolute atomic E-state index is 5.87. The number of nitrogens with two attached hydrogens (primary N) is 1. The van der Waals surface area contributed by atoms with Crippen LogP contribution in [0.4, 0.5) is 5.69 Å². The fourth-order valence-corrected chi connectivity index (χ4v) is 2.03. The number of hydrogen-bond acceptors (Lipinski definition) is 2. The minimum absolute atomic E-state index is 0.677. The predicted octanol–water partition coefficient (Wildman–Crippen LogP) is 2.15. The quantitative estimate of drug-likeness (QED) is 0.649. The molecule has 4 heteroatoms.